The van der Waals surface area contributed by atoms with Crippen LogP contribution in [0.4, 0.5) is 5.82 Å². The molecular weight excluding hydrogens is 386 g/mol. The normalized spacial score (nSPS) is 23.4. The number of rotatable bonds is 7. The van der Waals surface area contributed by atoms with E-state index in [1.165, 1.54) is 6.20 Å². The highest BCUT2D eigenvalue weighted by atomic mass is 16.5. The molecule has 9 nitrogen and oxygen atoms in total. The highest BCUT2D eigenvalue weighted by molar-refractivity contribution is 5.98. The van der Waals surface area contributed by atoms with E-state index in [0.29, 0.717) is 31.1 Å². The first-order valence-electron chi connectivity index (χ1n) is 10.8. The smallest absolute Gasteiger partial charge is 0.248 e. The van der Waals surface area contributed by atoms with Crippen molar-refractivity contribution in [2.75, 3.05) is 11.9 Å². The van der Waals surface area contributed by atoms with Gasteiger partial charge in [-0.1, -0.05) is 25.7 Å². The van der Waals surface area contributed by atoms with Gasteiger partial charge in [0.2, 0.25) is 17.7 Å². The van der Waals surface area contributed by atoms with E-state index in [-0.39, 0.29) is 23.7 Å². The second kappa shape index (κ2) is 8.67. The molecule has 1 spiro atoms. The van der Waals surface area contributed by atoms with Crippen LogP contribution in [0.15, 0.2) is 18.3 Å². The maximum atomic E-state index is 13.5. The molecule has 1 aromatic heterocycles. The van der Waals surface area contributed by atoms with Gasteiger partial charge in [0, 0.05) is 25.1 Å². The van der Waals surface area contributed by atoms with Crippen molar-refractivity contribution in [3.05, 3.63) is 18.3 Å². The van der Waals surface area contributed by atoms with Crippen molar-refractivity contribution in [2.24, 2.45) is 17.3 Å². The van der Waals surface area contributed by atoms with Crippen LogP contribution in [0, 0.1) is 17.3 Å². The quantitative estimate of drug-likeness (QED) is 0.461. The van der Waals surface area contributed by atoms with Crippen LogP contribution < -0.4 is 10.8 Å². The molecule has 3 aliphatic rings. The minimum absolute atomic E-state index is 0.0250. The summed E-state index contributed by atoms with van der Waals surface area (Å²) in [4.78, 5) is 40.1. The van der Waals surface area contributed by atoms with Gasteiger partial charge in [0.25, 0.3) is 0 Å². The Labute approximate surface area is 175 Å². The number of hydrogen-bond acceptors (Lipinski definition) is 6. The second-order valence-corrected chi connectivity index (χ2v) is 9.11. The predicted molar refractivity (Wildman–Crippen MR) is 107 cm³/mol. The average Bonchev–Trinajstić information content (AvgIpc) is 3.13. The van der Waals surface area contributed by atoms with Gasteiger partial charge in [0.1, 0.15) is 6.04 Å². The van der Waals surface area contributed by atoms with E-state index in [2.05, 4.69) is 15.5 Å². The lowest BCUT2D eigenvalue weighted by molar-refractivity contribution is -0.144. The van der Waals surface area contributed by atoms with Gasteiger partial charge >= 0.3 is 0 Å². The zero-order valence-corrected chi connectivity index (χ0v) is 17.0. The lowest BCUT2D eigenvalue weighted by Gasteiger charge is -2.29. The maximum Gasteiger partial charge on any atom is 0.248 e. The lowest BCUT2D eigenvalue weighted by atomic mass is 9.89. The molecule has 1 saturated heterocycles. The van der Waals surface area contributed by atoms with Crippen molar-refractivity contribution in [1.82, 2.24) is 20.6 Å². The Bertz CT molecular complexity index is 792. The fourth-order valence-corrected chi connectivity index (χ4v) is 5.06. The monoisotopic (exact) mass is 415 g/mol. The van der Waals surface area contributed by atoms with E-state index in [0.717, 1.165) is 38.5 Å². The number of likely N-dealkylation sites (tertiary alicyclic amines) is 1. The van der Waals surface area contributed by atoms with E-state index in [4.69, 9.17) is 5.21 Å². The predicted octanol–water partition coefficient (Wildman–Crippen LogP) is 1.89. The SMILES string of the molecule is O=C(CC(CC1CCCC1)C(=O)N1CC2(CC2)C[C@H]1C(=O)Nc1cccnn1)NO. The molecule has 2 aliphatic carbocycles. The van der Waals surface area contributed by atoms with E-state index < -0.39 is 17.9 Å². The third-order valence-corrected chi connectivity index (χ3v) is 6.87. The Balaban J connectivity index is 1.50. The molecule has 0 bridgehead atoms. The third kappa shape index (κ3) is 4.61. The van der Waals surface area contributed by atoms with Crippen molar-refractivity contribution in [1.29, 1.82) is 0 Å². The molecule has 2 atom stereocenters. The molecule has 1 aromatic rings. The molecule has 162 valence electrons. The van der Waals surface area contributed by atoms with Crippen molar-refractivity contribution < 1.29 is 19.6 Å². The number of carbonyl (C=O) groups excluding carboxylic acids is 3. The van der Waals surface area contributed by atoms with Crippen LogP contribution in [-0.4, -0.2) is 50.6 Å². The van der Waals surface area contributed by atoms with E-state index in [1.54, 1.807) is 22.5 Å². The molecular formula is C21H29N5O4. The molecule has 3 N–H and O–H groups in total. The van der Waals surface area contributed by atoms with E-state index in [9.17, 15) is 14.4 Å². The lowest BCUT2D eigenvalue weighted by Crippen LogP contribution is -2.46. The number of carbonyl (C=O) groups is 3. The largest absolute Gasteiger partial charge is 0.330 e. The third-order valence-electron chi connectivity index (χ3n) is 6.87. The second-order valence-electron chi connectivity index (χ2n) is 9.11. The zero-order valence-electron chi connectivity index (χ0n) is 17.0. The van der Waals surface area contributed by atoms with Crippen LogP contribution in [0.5, 0.6) is 0 Å². The Morgan fingerprint density at radius 3 is 2.67 bits per heavy atom. The maximum absolute atomic E-state index is 13.5. The van der Waals surface area contributed by atoms with Gasteiger partial charge in [-0.3, -0.25) is 19.6 Å². The molecule has 30 heavy (non-hydrogen) atoms. The number of nitrogens with one attached hydrogen (secondary N) is 2. The number of amides is 3. The first-order valence-corrected chi connectivity index (χ1v) is 10.8. The summed E-state index contributed by atoms with van der Waals surface area (Å²) in [6.45, 7) is 0.548. The zero-order chi connectivity index (χ0) is 21.1. The van der Waals surface area contributed by atoms with Crippen molar-refractivity contribution >= 4 is 23.5 Å². The Morgan fingerprint density at radius 1 is 1.27 bits per heavy atom. The summed E-state index contributed by atoms with van der Waals surface area (Å²) < 4.78 is 0. The van der Waals surface area contributed by atoms with Gasteiger partial charge in [0.15, 0.2) is 5.82 Å². The topological polar surface area (TPSA) is 125 Å². The van der Waals surface area contributed by atoms with Crippen LogP contribution in [0.25, 0.3) is 0 Å². The fourth-order valence-electron chi connectivity index (χ4n) is 5.06. The number of anilines is 1. The molecule has 1 unspecified atom stereocenters. The van der Waals surface area contributed by atoms with Crippen LogP contribution >= 0.6 is 0 Å². The summed E-state index contributed by atoms with van der Waals surface area (Å²) in [5.41, 5.74) is 1.68. The fraction of sp³-hybridized carbons (Fsp3) is 0.667. The molecule has 1 aliphatic heterocycles. The summed E-state index contributed by atoms with van der Waals surface area (Å²) in [7, 11) is 0. The number of aromatic nitrogens is 2. The molecule has 2 heterocycles. The summed E-state index contributed by atoms with van der Waals surface area (Å²) in [6.07, 6.45) is 9.15. The first-order chi connectivity index (χ1) is 14.5. The molecule has 0 aromatic carbocycles. The Hall–Kier alpha value is -2.55. The molecule has 2 saturated carbocycles. The van der Waals surface area contributed by atoms with Crippen molar-refractivity contribution in [3.8, 4) is 0 Å². The van der Waals surface area contributed by atoms with Gasteiger partial charge in [-0.15, -0.1) is 5.10 Å². The number of hydroxylamine groups is 1. The van der Waals surface area contributed by atoms with Gasteiger partial charge in [-0.05, 0) is 49.1 Å². The van der Waals surface area contributed by atoms with E-state index in [1.807, 2.05) is 0 Å². The van der Waals surface area contributed by atoms with Crippen LogP contribution in [-0.2, 0) is 14.4 Å². The Morgan fingerprint density at radius 2 is 2.03 bits per heavy atom. The minimum Gasteiger partial charge on any atom is -0.330 e. The minimum atomic E-state index is -0.578. The summed E-state index contributed by atoms with van der Waals surface area (Å²) in [6, 6.07) is 2.77. The summed E-state index contributed by atoms with van der Waals surface area (Å²) in [5, 5.41) is 19.4. The molecule has 4 rings (SSSR count). The highest BCUT2D eigenvalue weighted by Crippen LogP contribution is 2.55. The van der Waals surface area contributed by atoms with Gasteiger partial charge in [-0.2, -0.15) is 5.10 Å². The van der Waals surface area contributed by atoms with Gasteiger partial charge in [-0.25, -0.2) is 5.48 Å². The average molecular weight is 415 g/mol. The van der Waals surface area contributed by atoms with Crippen LogP contribution in [0.3, 0.4) is 0 Å². The standard InChI is InChI=1S/C21H29N5O4/c27-18(25-30)11-15(10-14-4-1-2-5-14)20(29)26-13-21(7-8-21)12-16(26)19(28)23-17-6-3-9-22-24-17/h3,6,9,14-16,30H,1-2,4-5,7-8,10-13H2,(H,25,27)(H,23,24,28)/t15?,16-/m0/s1. The highest BCUT2D eigenvalue weighted by Gasteiger charge is 2.55. The van der Waals surface area contributed by atoms with Gasteiger partial charge in [0.05, 0.1) is 0 Å². The van der Waals surface area contributed by atoms with Crippen molar-refractivity contribution in [3.63, 3.8) is 0 Å². The summed E-state index contributed by atoms with van der Waals surface area (Å²) >= 11 is 0. The number of hydrogen-bond donors (Lipinski definition) is 3. The molecule has 3 fully saturated rings. The number of nitrogens with zero attached hydrogens (tertiary/aromatic N) is 3. The van der Waals surface area contributed by atoms with Crippen molar-refractivity contribution in [2.45, 2.75) is 63.8 Å². The van der Waals surface area contributed by atoms with Crippen LogP contribution in [0.2, 0.25) is 0 Å². The van der Waals surface area contributed by atoms with E-state index >= 15 is 0 Å². The Kier molecular flexibility index (Phi) is 5.99. The molecule has 9 heteroatoms. The summed E-state index contributed by atoms with van der Waals surface area (Å²) in [5.74, 6) is -0.746. The van der Waals surface area contributed by atoms with Gasteiger partial charge < -0.3 is 10.2 Å². The first kappa shape index (κ1) is 20.7. The molecule has 3 amide bonds. The molecule has 0 radical (unpaired) electrons. The van der Waals surface area contributed by atoms with Crippen LogP contribution in [0.1, 0.15) is 57.8 Å².